The van der Waals surface area contributed by atoms with Crippen molar-refractivity contribution >= 4 is 11.6 Å². The summed E-state index contributed by atoms with van der Waals surface area (Å²) in [5.74, 6) is 0.811. The fourth-order valence-electron chi connectivity index (χ4n) is 1.69. The van der Waals surface area contributed by atoms with Crippen molar-refractivity contribution in [2.24, 2.45) is 5.92 Å². The van der Waals surface area contributed by atoms with Crippen molar-refractivity contribution in [1.82, 2.24) is 5.32 Å². The molecule has 0 radical (unpaired) electrons. The van der Waals surface area contributed by atoms with Crippen LogP contribution in [-0.4, -0.2) is 12.6 Å². The van der Waals surface area contributed by atoms with Crippen molar-refractivity contribution < 1.29 is 0 Å². The molecular weight excluding hydrogens is 158 g/mol. The maximum absolute atomic E-state index is 5.65. The lowest BCUT2D eigenvalue weighted by molar-refractivity contribution is 0.444. The summed E-state index contributed by atoms with van der Waals surface area (Å²) in [5, 5.41) is 4.11. The zero-order chi connectivity index (χ0) is 8.27. The Balaban J connectivity index is 2.20. The van der Waals surface area contributed by atoms with Gasteiger partial charge >= 0.3 is 0 Å². The monoisotopic (exact) mass is 173 g/mol. The van der Waals surface area contributed by atoms with Crippen LogP contribution in [0.25, 0.3) is 0 Å². The van der Waals surface area contributed by atoms with Crippen molar-refractivity contribution in [3.8, 4) is 0 Å². The van der Waals surface area contributed by atoms with E-state index in [1.165, 1.54) is 19.3 Å². The number of nitrogens with one attached hydrogen (secondary N) is 1. The van der Waals surface area contributed by atoms with E-state index < -0.39 is 0 Å². The normalized spacial score (nSPS) is 30.7. The zero-order valence-electron chi connectivity index (χ0n) is 7.07. The highest BCUT2D eigenvalue weighted by Crippen LogP contribution is 2.24. The summed E-state index contributed by atoms with van der Waals surface area (Å²) < 4.78 is 0. The van der Waals surface area contributed by atoms with Crippen molar-refractivity contribution in [1.29, 1.82) is 0 Å². The highest BCUT2D eigenvalue weighted by molar-refractivity contribution is 6.29. The molecule has 2 unspecified atom stereocenters. The van der Waals surface area contributed by atoms with Gasteiger partial charge in [0.2, 0.25) is 0 Å². The standard InChI is InChI=1S/C9H16ClN/c1-7-4-3-5-9(7)11-6-8(2)10/h7,9,11H,2-6H2,1H3. The van der Waals surface area contributed by atoms with E-state index in [9.17, 15) is 0 Å². The van der Waals surface area contributed by atoms with E-state index in [1.807, 2.05) is 0 Å². The Morgan fingerprint density at radius 3 is 2.82 bits per heavy atom. The molecule has 0 saturated heterocycles. The number of halogens is 1. The van der Waals surface area contributed by atoms with Crippen LogP contribution >= 0.6 is 11.6 Å². The third-order valence-corrected chi connectivity index (χ3v) is 2.55. The molecule has 64 valence electrons. The predicted octanol–water partition coefficient (Wildman–Crippen LogP) is 2.52. The first-order valence-corrected chi connectivity index (χ1v) is 4.64. The van der Waals surface area contributed by atoms with Crippen molar-refractivity contribution in [2.45, 2.75) is 32.2 Å². The molecule has 0 aromatic heterocycles. The summed E-state index contributed by atoms with van der Waals surface area (Å²) in [5.41, 5.74) is 0. The Morgan fingerprint density at radius 1 is 1.64 bits per heavy atom. The molecule has 0 aliphatic heterocycles. The maximum atomic E-state index is 5.65. The first-order chi connectivity index (χ1) is 5.20. The van der Waals surface area contributed by atoms with Crippen LogP contribution in [0.5, 0.6) is 0 Å². The Labute approximate surface area is 73.8 Å². The fraction of sp³-hybridized carbons (Fsp3) is 0.778. The Bertz CT molecular complexity index is 144. The average Bonchev–Trinajstić information content (AvgIpc) is 2.31. The Morgan fingerprint density at radius 2 is 2.36 bits per heavy atom. The van der Waals surface area contributed by atoms with Crippen LogP contribution in [0.1, 0.15) is 26.2 Å². The zero-order valence-corrected chi connectivity index (χ0v) is 7.82. The molecule has 1 fully saturated rings. The quantitative estimate of drug-likeness (QED) is 0.692. The lowest BCUT2D eigenvalue weighted by Gasteiger charge is -2.16. The van der Waals surface area contributed by atoms with E-state index in [4.69, 9.17) is 11.6 Å². The Hall–Kier alpha value is -0.0100. The van der Waals surface area contributed by atoms with Gasteiger partial charge in [-0.15, -0.1) is 0 Å². The van der Waals surface area contributed by atoms with E-state index >= 15 is 0 Å². The second-order valence-corrected chi connectivity index (χ2v) is 3.95. The molecule has 1 rings (SSSR count). The molecule has 1 saturated carbocycles. The molecule has 2 heteroatoms. The van der Waals surface area contributed by atoms with Gasteiger partial charge in [0.1, 0.15) is 0 Å². The van der Waals surface area contributed by atoms with Gasteiger partial charge in [-0.25, -0.2) is 0 Å². The number of rotatable bonds is 3. The summed E-state index contributed by atoms with van der Waals surface area (Å²) in [4.78, 5) is 0. The molecule has 1 aliphatic carbocycles. The van der Waals surface area contributed by atoms with Crippen LogP contribution in [0, 0.1) is 5.92 Å². The highest BCUT2D eigenvalue weighted by atomic mass is 35.5. The van der Waals surface area contributed by atoms with Crippen molar-refractivity contribution in [3.05, 3.63) is 11.6 Å². The third-order valence-electron chi connectivity index (χ3n) is 2.42. The van der Waals surface area contributed by atoms with Crippen molar-refractivity contribution in [2.75, 3.05) is 6.54 Å². The summed E-state index contributed by atoms with van der Waals surface area (Å²) in [6.07, 6.45) is 4.01. The first-order valence-electron chi connectivity index (χ1n) is 4.27. The van der Waals surface area contributed by atoms with Gasteiger partial charge < -0.3 is 5.32 Å². The smallest absolute Gasteiger partial charge is 0.0310 e. The van der Waals surface area contributed by atoms with E-state index in [-0.39, 0.29) is 0 Å². The van der Waals surface area contributed by atoms with Gasteiger partial charge in [-0.05, 0) is 18.8 Å². The van der Waals surface area contributed by atoms with Gasteiger partial charge in [-0.1, -0.05) is 31.5 Å². The van der Waals surface area contributed by atoms with Crippen LogP contribution in [0.4, 0.5) is 0 Å². The van der Waals surface area contributed by atoms with Gasteiger partial charge in [0.25, 0.3) is 0 Å². The average molecular weight is 174 g/mol. The molecule has 2 atom stereocenters. The van der Waals surface area contributed by atoms with Crippen LogP contribution in [-0.2, 0) is 0 Å². The topological polar surface area (TPSA) is 12.0 Å². The van der Waals surface area contributed by atoms with Gasteiger partial charge in [-0.3, -0.25) is 0 Å². The second-order valence-electron chi connectivity index (χ2n) is 3.41. The highest BCUT2D eigenvalue weighted by Gasteiger charge is 2.22. The maximum Gasteiger partial charge on any atom is 0.0310 e. The molecule has 0 aromatic rings. The van der Waals surface area contributed by atoms with Crippen molar-refractivity contribution in [3.63, 3.8) is 0 Å². The minimum absolute atomic E-state index is 0.672. The lowest BCUT2D eigenvalue weighted by Crippen LogP contribution is -2.31. The van der Waals surface area contributed by atoms with Gasteiger partial charge in [0, 0.05) is 17.6 Å². The van der Waals surface area contributed by atoms with Gasteiger partial charge in [0.05, 0.1) is 0 Å². The van der Waals surface area contributed by atoms with E-state index in [0.29, 0.717) is 11.1 Å². The van der Waals surface area contributed by atoms with Gasteiger partial charge in [0.15, 0.2) is 0 Å². The molecule has 1 nitrogen and oxygen atoms in total. The molecule has 11 heavy (non-hydrogen) atoms. The van der Waals surface area contributed by atoms with Crippen LogP contribution in [0.2, 0.25) is 0 Å². The van der Waals surface area contributed by atoms with Crippen LogP contribution in [0.3, 0.4) is 0 Å². The van der Waals surface area contributed by atoms with Crippen LogP contribution in [0.15, 0.2) is 11.6 Å². The second kappa shape index (κ2) is 4.13. The fourth-order valence-corrected chi connectivity index (χ4v) is 1.77. The minimum Gasteiger partial charge on any atom is -0.309 e. The summed E-state index contributed by atoms with van der Waals surface area (Å²) in [7, 11) is 0. The lowest BCUT2D eigenvalue weighted by atomic mass is 10.1. The summed E-state index contributed by atoms with van der Waals surface area (Å²) in [6, 6.07) is 0.672. The molecule has 1 N–H and O–H groups in total. The summed E-state index contributed by atoms with van der Waals surface area (Å²) in [6.45, 7) is 6.70. The minimum atomic E-state index is 0.672. The molecular formula is C9H16ClN. The number of hydrogen-bond acceptors (Lipinski definition) is 1. The van der Waals surface area contributed by atoms with Gasteiger partial charge in [-0.2, -0.15) is 0 Å². The molecule has 0 spiro atoms. The molecule has 0 heterocycles. The number of hydrogen-bond donors (Lipinski definition) is 1. The molecule has 0 bridgehead atoms. The molecule has 0 amide bonds. The first kappa shape index (κ1) is 9.08. The largest absolute Gasteiger partial charge is 0.309 e. The van der Waals surface area contributed by atoms with E-state index in [0.717, 1.165) is 12.5 Å². The molecule has 0 aromatic carbocycles. The summed E-state index contributed by atoms with van der Waals surface area (Å²) >= 11 is 5.65. The van der Waals surface area contributed by atoms with E-state index in [2.05, 4.69) is 18.8 Å². The molecule has 1 aliphatic rings. The predicted molar refractivity (Wildman–Crippen MR) is 49.8 cm³/mol. The Kier molecular flexibility index (Phi) is 3.41. The van der Waals surface area contributed by atoms with Crippen LogP contribution < -0.4 is 5.32 Å². The SMILES string of the molecule is C=C(Cl)CNC1CCCC1C. The third kappa shape index (κ3) is 2.84. The van der Waals surface area contributed by atoms with E-state index in [1.54, 1.807) is 0 Å².